The average Bonchev–Trinajstić information content (AvgIpc) is 2.72. The number of imidazole rings is 1. The predicted octanol–water partition coefficient (Wildman–Crippen LogP) is 3.57. The zero-order chi connectivity index (χ0) is 13.5. The number of nitrogens with one attached hydrogen (secondary N) is 1. The highest BCUT2D eigenvalue weighted by Crippen LogP contribution is 2.24. The molecule has 0 amide bonds. The Morgan fingerprint density at radius 2 is 1.94 bits per heavy atom. The minimum atomic E-state index is 0.247. The third kappa shape index (κ3) is 2.57. The number of H-pyrrole nitrogens is 1. The van der Waals surface area contributed by atoms with Crippen LogP contribution < -0.4 is 0 Å². The largest absolute Gasteiger partial charge is 0.339 e. The molecule has 18 heavy (non-hydrogen) atoms. The lowest BCUT2D eigenvalue weighted by Crippen LogP contribution is -2.13. The monoisotopic (exact) mass is 248 g/mol. The number of aromatic amines is 1. The van der Waals surface area contributed by atoms with Gasteiger partial charge in [0.15, 0.2) is 5.65 Å². The van der Waals surface area contributed by atoms with Crippen LogP contribution in [0.15, 0.2) is 6.20 Å². The molecule has 2 aromatic heterocycles. The fourth-order valence-electron chi connectivity index (χ4n) is 2.03. The van der Waals surface area contributed by atoms with Crippen molar-refractivity contribution in [3.63, 3.8) is 0 Å². The average molecular weight is 248 g/mol. The first-order valence-corrected chi connectivity index (χ1v) is 6.70. The van der Waals surface area contributed by atoms with Crippen molar-refractivity contribution in [3.05, 3.63) is 12.0 Å². The first-order valence-electron chi connectivity index (χ1n) is 6.70. The Balaban J connectivity index is 2.35. The first kappa shape index (κ1) is 13.1. The number of aromatic nitrogens is 4. The number of nitrogens with zero attached hydrogens (tertiary/aromatic N) is 3. The molecule has 0 fully saturated rings. The van der Waals surface area contributed by atoms with Gasteiger partial charge in [0, 0.05) is 6.42 Å². The van der Waals surface area contributed by atoms with Crippen LogP contribution in [-0.4, -0.2) is 19.7 Å². The molecule has 0 saturated carbocycles. The van der Waals surface area contributed by atoms with Gasteiger partial charge in [0.25, 0.3) is 0 Å². The molecule has 0 aliphatic rings. The van der Waals surface area contributed by atoms with Gasteiger partial charge in [0.05, 0.1) is 12.2 Å². The topological polar surface area (TPSA) is 46.5 Å². The van der Waals surface area contributed by atoms with Crippen LogP contribution in [0.25, 0.3) is 11.2 Å². The number of rotatable bonds is 3. The van der Waals surface area contributed by atoms with Gasteiger partial charge in [0.2, 0.25) is 0 Å². The van der Waals surface area contributed by atoms with Gasteiger partial charge < -0.3 is 4.98 Å². The maximum absolute atomic E-state index is 4.71. The summed E-state index contributed by atoms with van der Waals surface area (Å²) >= 11 is 0. The highest BCUT2D eigenvalue weighted by atomic mass is 15.3. The van der Waals surface area contributed by atoms with Crippen LogP contribution in [0.5, 0.6) is 0 Å². The zero-order valence-corrected chi connectivity index (χ0v) is 12.3. The van der Waals surface area contributed by atoms with Gasteiger partial charge in [-0.3, -0.25) is 0 Å². The summed E-state index contributed by atoms with van der Waals surface area (Å²) in [5.41, 5.74) is 2.27. The van der Waals surface area contributed by atoms with E-state index in [1.165, 1.54) is 0 Å². The molecular formula is C14H24N4. The van der Waals surface area contributed by atoms with E-state index < -0.39 is 0 Å². The maximum Gasteiger partial charge on any atom is 0.176 e. The third-order valence-corrected chi connectivity index (χ3v) is 3.34. The molecule has 4 heteroatoms. The molecule has 0 aromatic carbocycles. The zero-order valence-electron chi connectivity index (χ0n) is 12.3. The Morgan fingerprint density at radius 1 is 1.28 bits per heavy atom. The summed E-state index contributed by atoms with van der Waals surface area (Å²) in [5.74, 6) is 1.61. The molecule has 1 atom stereocenters. The van der Waals surface area contributed by atoms with Gasteiger partial charge in [-0.2, -0.15) is 5.10 Å². The summed E-state index contributed by atoms with van der Waals surface area (Å²) in [7, 11) is 0. The predicted molar refractivity (Wildman–Crippen MR) is 74.6 cm³/mol. The number of fused-ring (bicyclic) bond motifs is 1. The number of hydrogen-bond acceptors (Lipinski definition) is 2. The van der Waals surface area contributed by atoms with Crippen molar-refractivity contribution >= 4 is 11.2 Å². The minimum absolute atomic E-state index is 0.247. The SMILES string of the molecule is CC(C)[C@H](C)n1ncc2[nH]c(CC(C)(C)C)nc21. The minimum Gasteiger partial charge on any atom is -0.339 e. The lowest BCUT2D eigenvalue weighted by Gasteiger charge is -2.16. The fraction of sp³-hybridized carbons (Fsp3) is 0.714. The molecule has 0 spiro atoms. The molecule has 0 aliphatic carbocycles. The van der Waals surface area contributed by atoms with Crippen LogP contribution in [-0.2, 0) is 6.42 Å². The van der Waals surface area contributed by atoms with E-state index in [0.717, 1.165) is 23.4 Å². The van der Waals surface area contributed by atoms with Crippen molar-refractivity contribution in [2.75, 3.05) is 0 Å². The van der Waals surface area contributed by atoms with E-state index in [1.54, 1.807) is 0 Å². The van der Waals surface area contributed by atoms with Crippen LogP contribution in [0.1, 0.15) is 53.4 Å². The second-order valence-electron chi connectivity index (χ2n) is 6.73. The quantitative estimate of drug-likeness (QED) is 0.902. The summed E-state index contributed by atoms with van der Waals surface area (Å²) in [6.45, 7) is 13.3. The van der Waals surface area contributed by atoms with Crippen LogP contribution in [0.4, 0.5) is 0 Å². The van der Waals surface area contributed by atoms with Crippen LogP contribution in [0.2, 0.25) is 0 Å². The molecule has 0 radical (unpaired) electrons. The molecule has 4 nitrogen and oxygen atoms in total. The van der Waals surface area contributed by atoms with E-state index in [4.69, 9.17) is 4.98 Å². The normalized spacial score (nSPS) is 14.6. The van der Waals surface area contributed by atoms with E-state index in [9.17, 15) is 0 Å². The van der Waals surface area contributed by atoms with Gasteiger partial charge in [0.1, 0.15) is 11.3 Å². The van der Waals surface area contributed by atoms with E-state index in [1.807, 2.05) is 10.9 Å². The van der Waals surface area contributed by atoms with Crippen LogP contribution in [0.3, 0.4) is 0 Å². The summed E-state index contributed by atoms with van der Waals surface area (Å²) in [5, 5.41) is 4.44. The summed E-state index contributed by atoms with van der Waals surface area (Å²) in [4.78, 5) is 8.08. The molecule has 0 aliphatic heterocycles. The third-order valence-electron chi connectivity index (χ3n) is 3.34. The highest BCUT2D eigenvalue weighted by Gasteiger charge is 2.19. The highest BCUT2D eigenvalue weighted by molar-refractivity contribution is 5.70. The van der Waals surface area contributed by atoms with E-state index in [0.29, 0.717) is 12.0 Å². The second kappa shape index (κ2) is 4.41. The van der Waals surface area contributed by atoms with Gasteiger partial charge in [-0.1, -0.05) is 34.6 Å². The molecule has 2 aromatic rings. The smallest absolute Gasteiger partial charge is 0.176 e. The Bertz CT molecular complexity index is 527. The molecule has 2 heterocycles. The molecule has 0 bridgehead atoms. The van der Waals surface area contributed by atoms with E-state index in [2.05, 4.69) is 51.6 Å². The van der Waals surface area contributed by atoms with E-state index >= 15 is 0 Å². The Kier molecular flexibility index (Phi) is 3.21. The maximum atomic E-state index is 4.71. The molecule has 2 rings (SSSR count). The standard InChI is InChI=1S/C14H24N4/c1-9(2)10(3)18-13-11(8-15-18)16-12(17-13)7-14(4,5)6/h8-10H,7H2,1-6H3,(H,16,17)/t10-/m0/s1. The lowest BCUT2D eigenvalue weighted by atomic mass is 9.92. The molecule has 0 saturated heterocycles. The van der Waals surface area contributed by atoms with Crippen molar-refractivity contribution in [3.8, 4) is 0 Å². The second-order valence-corrected chi connectivity index (χ2v) is 6.73. The lowest BCUT2D eigenvalue weighted by molar-refractivity contribution is 0.382. The van der Waals surface area contributed by atoms with Crippen molar-refractivity contribution < 1.29 is 0 Å². The van der Waals surface area contributed by atoms with Crippen molar-refractivity contribution in [2.45, 2.75) is 54.0 Å². The first-order chi connectivity index (χ1) is 8.28. The summed E-state index contributed by atoms with van der Waals surface area (Å²) < 4.78 is 2.03. The Morgan fingerprint density at radius 3 is 2.50 bits per heavy atom. The van der Waals surface area contributed by atoms with Crippen LogP contribution in [0, 0.1) is 11.3 Å². The van der Waals surface area contributed by atoms with Gasteiger partial charge >= 0.3 is 0 Å². The molecule has 100 valence electrons. The summed E-state index contributed by atoms with van der Waals surface area (Å²) in [6.07, 6.45) is 2.84. The summed E-state index contributed by atoms with van der Waals surface area (Å²) in [6, 6.07) is 0.369. The Labute approximate surface area is 109 Å². The molecular weight excluding hydrogens is 224 g/mol. The van der Waals surface area contributed by atoms with Crippen LogP contribution >= 0.6 is 0 Å². The van der Waals surface area contributed by atoms with Crippen molar-refractivity contribution in [1.29, 1.82) is 0 Å². The molecule has 1 N–H and O–H groups in total. The molecule has 0 unspecified atom stereocenters. The van der Waals surface area contributed by atoms with Gasteiger partial charge in [-0.05, 0) is 18.3 Å². The Hall–Kier alpha value is -1.32. The van der Waals surface area contributed by atoms with E-state index in [-0.39, 0.29) is 5.41 Å². The van der Waals surface area contributed by atoms with Crippen molar-refractivity contribution in [1.82, 2.24) is 19.7 Å². The van der Waals surface area contributed by atoms with Gasteiger partial charge in [-0.25, -0.2) is 9.67 Å². The fourth-order valence-corrected chi connectivity index (χ4v) is 2.03. The number of hydrogen-bond donors (Lipinski definition) is 1. The van der Waals surface area contributed by atoms with Crippen molar-refractivity contribution in [2.24, 2.45) is 11.3 Å². The van der Waals surface area contributed by atoms with Gasteiger partial charge in [-0.15, -0.1) is 0 Å².